The van der Waals surface area contributed by atoms with Crippen molar-refractivity contribution in [2.75, 3.05) is 33.5 Å². The van der Waals surface area contributed by atoms with Gasteiger partial charge in [-0.05, 0) is 42.3 Å². The quantitative estimate of drug-likeness (QED) is 0.290. The number of carbonyl (C=O) groups is 2. The highest BCUT2D eigenvalue weighted by Gasteiger charge is 2.46. The summed E-state index contributed by atoms with van der Waals surface area (Å²) in [5.41, 5.74) is 0.881. The lowest BCUT2D eigenvalue weighted by Crippen LogP contribution is -2.31. The van der Waals surface area contributed by atoms with Crippen LogP contribution in [0.4, 0.5) is 0 Å². The minimum Gasteiger partial charge on any atom is -0.507 e. The number of benzene rings is 2. The number of carbonyl (C=O) groups excluding carboxylic acids is 2. The van der Waals surface area contributed by atoms with Crippen molar-refractivity contribution < 1.29 is 28.9 Å². The summed E-state index contributed by atoms with van der Waals surface area (Å²) < 4.78 is 16.2. The van der Waals surface area contributed by atoms with Crippen LogP contribution in [-0.2, 0) is 14.3 Å². The molecule has 1 saturated heterocycles. The van der Waals surface area contributed by atoms with Gasteiger partial charge in [-0.25, -0.2) is 0 Å². The largest absolute Gasteiger partial charge is 0.507 e. The van der Waals surface area contributed by atoms with Crippen LogP contribution in [0.2, 0.25) is 10.0 Å². The van der Waals surface area contributed by atoms with Gasteiger partial charge in [0.05, 0.1) is 21.7 Å². The summed E-state index contributed by atoms with van der Waals surface area (Å²) in [6.45, 7) is 1.49. The number of methoxy groups -OCH3 is 1. The van der Waals surface area contributed by atoms with Gasteiger partial charge in [-0.1, -0.05) is 29.3 Å². The van der Waals surface area contributed by atoms with Crippen LogP contribution in [0.3, 0.4) is 0 Å². The molecule has 1 fully saturated rings. The van der Waals surface area contributed by atoms with Crippen molar-refractivity contribution >= 4 is 40.7 Å². The zero-order chi connectivity index (χ0) is 22.8. The summed E-state index contributed by atoms with van der Waals surface area (Å²) in [7, 11) is 1.56. The molecule has 0 bridgehead atoms. The fraction of sp³-hybridized carbons (Fsp3) is 0.304. The van der Waals surface area contributed by atoms with Gasteiger partial charge in [0.1, 0.15) is 19.0 Å². The Labute approximate surface area is 195 Å². The summed E-state index contributed by atoms with van der Waals surface area (Å²) in [5.74, 6) is -0.762. The van der Waals surface area contributed by atoms with Crippen molar-refractivity contribution in [3.05, 3.63) is 63.1 Å². The number of fused-ring (bicyclic) bond motifs is 1. The predicted molar refractivity (Wildman–Crippen MR) is 119 cm³/mol. The van der Waals surface area contributed by atoms with E-state index in [9.17, 15) is 14.7 Å². The van der Waals surface area contributed by atoms with Crippen LogP contribution in [0.1, 0.15) is 23.6 Å². The molecule has 0 spiro atoms. The van der Waals surface area contributed by atoms with E-state index in [1.54, 1.807) is 43.5 Å². The number of aliphatic hydroxyl groups excluding tert-OH is 1. The van der Waals surface area contributed by atoms with Crippen molar-refractivity contribution in [3.8, 4) is 11.5 Å². The van der Waals surface area contributed by atoms with Gasteiger partial charge in [-0.15, -0.1) is 0 Å². The Morgan fingerprint density at radius 3 is 2.56 bits per heavy atom. The van der Waals surface area contributed by atoms with Gasteiger partial charge < -0.3 is 24.2 Å². The second-order valence-corrected chi connectivity index (χ2v) is 8.19. The van der Waals surface area contributed by atoms with E-state index in [1.165, 1.54) is 4.90 Å². The van der Waals surface area contributed by atoms with E-state index in [0.717, 1.165) is 0 Å². The van der Waals surface area contributed by atoms with Gasteiger partial charge in [0.15, 0.2) is 11.5 Å². The first-order valence-electron chi connectivity index (χ1n) is 10.0. The molecule has 0 saturated carbocycles. The molecule has 1 N–H and O–H groups in total. The Morgan fingerprint density at radius 2 is 1.84 bits per heavy atom. The molecule has 1 unspecified atom stereocenters. The number of ketones is 1. The molecule has 2 aliphatic heterocycles. The van der Waals surface area contributed by atoms with Gasteiger partial charge in [-0.3, -0.25) is 9.59 Å². The molecule has 0 aliphatic carbocycles. The molecular formula is C23H21Cl2NO6. The lowest BCUT2D eigenvalue weighted by Gasteiger charge is -2.25. The molecule has 2 aromatic rings. The number of nitrogens with zero attached hydrogens (tertiary/aromatic N) is 1. The van der Waals surface area contributed by atoms with Crippen molar-refractivity contribution in [2.45, 2.75) is 12.5 Å². The van der Waals surface area contributed by atoms with Crippen LogP contribution in [0.5, 0.6) is 11.5 Å². The van der Waals surface area contributed by atoms with Crippen LogP contribution in [0.15, 0.2) is 42.0 Å². The van der Waals surface area contributed by atoms with Crippen LogP contribution >= 0.6 is 23.2 Å². The molecule has 2 aromatic carbocycles. The number of halogens is 2. The molecule has 168 valence electrons. The molecule has 0 radical (unpaired) electrons. The summed E-state index contributed by atoms with van der Waals surface area (Å²) in [4.78, 5) is 27.4. The van der Waals surface area contributed by atoms with Gasteiger partial charge >= 0.3 is 0 Å². The second kappa shape index (κ2) is 9.40. The molecule has 9 heteroatoms. The maximum atomic E-state index is 13.0. The summed E-state index contributed by atoms with van der Waals surface area (Å²) in [6.07, 6.45) is 0.519. The van der Waals surface area contributed by atoms with Crippen LogP contribution in [0, 0.1) is 0 Å². The van der Waals surface area contributed by atoms with E-state index >= 15 is 0 Å². The highest BCUT2D eigenvalue weighted by atomic mass is 35.5. The van der Waals surface area contributed by atoms with Gasteiger partial charge in [-0.2, -0.15) is 0 Å². The first kappa shape index (κ1) is 22.5. The van der Waals surface area contributed by atoms with E-state index in [-0.39, 0.29) is 22.9 Å². The molecule has 1 amide bonds. The average Bonchev–Trinajstić information content (AvgIpc) is 3.05. The number of ether oxygens (including phenoxy) is 3. The smallest absolute Gasteiger partial charge is 0.295 e. The number of amides is 1. The number of Topliss-reactive ketones (excluding diaryl/α,β-unsaturated/α-hetero) is 1. The van der Waals surface area contributed by atoms with E-state index < -0.39 is 17.7 Å². The minimum absolute atomic E-state index is 0.0255. The zero-order valence-electron chi connectivity index (χ0n) is 17.3. The van der Waals surface area contributed by atoms with Crippen molar-refractivity contribution in [2.24, 2.45) is 0 Å². The Balaban J connectivity index is 1.82. The standard InChI is InChI=1S/C23H21Cl2NO6/c1-30-8-2-7-26-20(13-3-5-15(24)16(25)11-13)19(22(28)23(26)29)21(27)14-4-6-17-18(12-14)32-10-9-31-17/h3-6,11-12,20,27H,2,7-10H2,1H3/b21-19+. The van der Waals surface area contributed by atoms with Crippen molar-refractivity contribution in [3.63, 3.8) is 0 Å². The molecule has 7 nitrogen and oxygen atoms in total. The summed E-state index contributed by atoms with van der Waals surface area (Å²) in [5, 5.41) is 11.8. The molecular weight excluding hydrogens is 457 g/mol. The van der Waals surface area contributed by atoms with Crippen LogP contribution in [-0.4, -0.2) is 55.2 Å². The number of aliphatic hydroxyl groups is 1. The SMILES string of the molecule is COCCCN1C(=O)C(=O)/C(=C(/O)c2ccc3c(c2)OCCO3)C1c1ccc(Cl)c(Cl)c1. The third kappa shape index (κ3) is 4.16. The van der Waals surface area contributed by atoms with E-state index in [4.69, 9.17) is 37.4 Å². The van der Waals surface area contributed by atoms with Gasteiger partial charge in [0.25, 0.3) is 11.7 Å². The van der Waals surface area contributed by atoms with Crippen LogP contribution in [0.25, 0.3) is 5.76 Å². The number of hydrogen-bond acceptors (Lipinski definition) is 6. The normalized spacial score (nSPS) is 19.5. The van der Waals surface area contributed by atoms with E-state index in [1.807, 2.05) is 0 Å². The van der Waals surface area contributed by atoms with E-state index in [2.05, 4.69) is 0 Å². The maximum absolute atomic E-state index is 13.0. The topological polar surface area (TPSA) is 85.3 Å². The maximum Gasteiger partial charge on any atom is 0.295 e. The molecule has 2 aliphatic rings. The zero-order valence-corrected chi connectivity index (χ0v) is 18.8. The second-order valence-electron chi connectivity index (χ2n) is 7.37. The van der Waals surface area contributed by atoms with Gasteiger partial charge in [0.2, 0.25) is 0 Å². The number of hydrogen-bond donors (Lipinski definition) is 1. The van der Waals surface area contributed by atoms with Crippen molar-refractivity contribution in [1.29, 1.82) is 0 Å². The van der Waals surface area contributed by atoms with Crippen LogP contribution < -0.4 is 9.47 Å². The number of rotatable bonds is 6. The van der Waals surface area contributed by atoms with Gasteiger partial charge in [0, 0.05) is 25.8 Å². The van der Waals surface area contributed by atoms with E-state index in [0.29, 0.717) is 53.9 Å². The Morgan fingerprint density at radius 1 is 1.09 bits per heavy atom. The first-order valence-corrected chi connectivity index (χ1v) is 10.8. The molecule has 2 heterocycles. The summed E-state index contributed by atoms with van der Waals surface area (Å²) in [6, 6.07) is 8.92. The molecule has 4 rings (SSSR count). The average molecular weight is 478 g/mol. The fourth-order valence-corrected chi connectivity index (χ4v) is 4.17. The fourth-order valence-electron chi connectivity index (χ4n) is 3.87. The Hall–Kier alpha value is -2.74. The summed E-state index contributed by atoms with van der Waals surface area (Å²) >= 11 is 12.3. The van der Waals surface area contributed by atoms with Crippen molar-refractivity contribution in [1.82, 2.24) is 4.90 Å². The third-order valence-corrected chi connectivity index (χ3v) is 6.10. The highest BCUT2D eigenvalue weighted by molar-refractivity contribution is 6.46. The number of likely N-dealkylation sites (tertiary alicyclic amines) is 1. The lowest BCUT2D eigenvalue weighted by atomic mass is 9.95. The lowest BCUT2D eigenvalue weighted by molar-refractivity contribution is -0.140. The molecule has 0 aromatic heterocycles. The highest BCUT2D eigenvalue weighted by Crippen LogP contribution is 2.42. The molecule has 1 atom stereocenters. The Bertz CT molecular complexity index is 1100. The minimum atomic E-state index is -0.824. The predicted octanol–water partition coefficient (Wildman–Crippen LogP) is 4.22. The third-order valence-electron chi connectivity index (χ3n) is 5.36. The first-order chi connectivity index (χ1) is 15.4. The molecule has 32 heavy (non-hydrogen) atoms. The monoisotopic (exact) mass is 477 g/mol. The Kier molecular flexibility index (Phi) is 6.60.